The van der Waals surface area contributed by atoms with Gasteiger partial charge in [0.25, 0.3) is 11.1 Å². The van der Waals surface area contributed by atoms with E-state index < -0.39 is 36.1 Å². The van der Waals surface area contributed by atoms with Crippen molar-refractivity contribution in [2.24, 2.45) is 0 Å². The third kappa shape index (κ3) is 4.06. The molecule has 7 nitrogen and oxygen atoms in total. The van der Waals surface area contributed by atoms with Crippen molar-refractivity contribution in [3.05, 3.63) is 51.3 Å². The number of carbonyl (C=O) groups is 4. The van der Waals surface area contributed by atoms with Crippen LogP contribution < -0.4 is 0 Å². The van der Waals surface area contributed by atoms with E-state index in [-0.39, 0.29) is 4.91 Å². The Morgan fingerprint density at radius 3 is 2.76 bits per heavy atom. The molecule has 2 aromatic heterocycles. The van der Waals surface area contributed by atoms with Crippen LogP contribution in [0.4, 0.5) is 4.79 Å². The Kier molecular flexibility index (Phi) is 5.15. The Hall–Kier alpha value is -2.65. The van der Waals surface area contributed by atoms with Gasteiger partial charge in [0.05, 0.1) is 10.6 Å². The van der Waals surface area contributed by atoms with Crippen LogP contribution in [-0.2, 0) is 14.3 Å². The molecule has 1 N–H and O–H groups in total. The Balaban J connectivity index is 1.57. The van der Waals surface area contributed by atoms with Gasteiger partial charge in [-0.3, -0.25) is 24.1 Å². The van der Waals surface area contributed by atoms with E-state index in [4.69, 9.17) is 4.74 Å². The van der Waals surface area contributed by atoms with E-state index in [0.29, 0.717) is 5.69 Å². The Morgan fingerprint density at radius 2 is 2.08 bits per heavy atom. The normalized spacial score (nSPS) is 15.8. The molecule has 0 radical (unpaired) electrons. The van der Waals surface area contributed by atoms with Crippen molar-refractivity contribution < 1.29 is 23.9 Å². The molecule has 0 aromatic carbocycles. The van der Waals surface area contributed by atoms with Gasteiger partial charge in [-0.2, -0.15) is 0 Å². The highest BCUT2D eigenvalue weighted by Crippen LogP contribution is 2.32. The number of aromatic amines is 1. The van der Waals surface area contributed by atoms with Crippen molar-refractivity contribution in [2.45, 2.75) is 0 Å². The number of carbonyl (C=O) groups excluding carboxylic acids is 4. The van der Waals surface area contributed by atoms with Crippen LogP contribution in [0.2, 0.25) is 0 Å². The lowest BCUT2D eigenvalue weighted by Crippen LogP contribution is -2.35. The highest BCUT2D eigenvalue weighted by molar-refractivity contribution is 8.18. The fourth-order valence-corrected chi connectivity index (χ4v) is 3.60. The number of nitrogens with one attached hydrogen (secondary N) is 1. The number of aromatic nitrogens is 1. The van der Waals surface area contributed by atoms with Gasteiger partial charge in [0, 0.05) is 11.1 Å². The van der Waals surface area contributed by atoms with Crippen LogP contribution >= 0.6 is 23.1 Å². The number of Topliss-reactive ketones (excluding diaryl/α,β-unsaturated/α-hetero) is 1. The molecule has 25 heavy (non-hydrogen) atoms. The lowest BCUT2D eigenvalue weighted by molar-refractivity contribution is -0.145. The second-order valence-corrected chi connectivity index (χ2v) is 6.92. The number of thioether (sulfide) groups is 1. The zero-order valence-electron chi connectivity index (χ0n) is 12.8. The molecule has 128 valence electrons. The van der Waals surface area contributed by atoms with E-state index in [0.717, 1.165) is 21.5 Å². The SMILES string of the molecule is O=C(CN1C(=O)SC(=Cc2cccs2)C1=O)OCC(=O)c1ccc[nH]1. The molecule has 2 aromatic rings. The zero-order chi connectivity index (χ0) is 17.8. The molecule has 3 heterocycles. The Morgan fingerprint density at radius 1 is 1.24 bits per heavy atom. The Labute approximate surface area is 150 Å². The van der Waals surface area contributed by atoms with Crippen molar-refractivity contribution in [3.63, 3.8) is 0 Å². The molecule has 1 aliphatic rings. The van der Waals surface area contributed by atoms with Gasteiger partial charge in [-0.1, -0.05) is 6.07 Å². The number of nitrogens with zero attached hydrogens (tertiary/aromatic N) is 1. The molecule has 1 aliphatic heterocycles. The van der Waals surface area contributed by atoms with Crippen molar-refractivity contribution in [3.8, 4) is 0 Å². The lowest BCUT2D eigenvalue weighted by Gasteiger charge is -2.11. The van der Waals surface area contributed by atoms with Gasteiger partial charge in [-0.15, -0.1) is 11.3 Å². The van der Waals surface area contributed by atoms with Crippen molar-refractivity contribution >= 4 is 52.1 Å². The first-order valence-corrected chi connectivity index (χ1v) is 8.85. The fraction of sp³-hybridized carbons (Fsp3) is 0.125. The average Bonchev–Trinajstić information content (AvgIpc) is 3.33. The average molecular weight is 376 g/mol. The van der Waals surface area contributed by atoms with E-state index >= 15 is 0 Å². The first kappa shape index (κ1) is 17.2. The number of hydrogen-bond acceptors (Lipinski definition) is 7. The summed E-state index contributed by atoms with van der Waals surface area (Å²) >= 11 is 2.20. The molecule has 1 fully saturated rings. The zero-order valence-corrected chi connectivity index (χ0v) is 14.4. The van der Waals surface area contributed by atoms with Crippen molar-refractivity contribution in [1.82, 2.24) is 9.88 Å². The topological polar surface area (TPSA) is 96.5 Å². The maximum Gasteiger partial charge on any atom is 0.326 e. The summed E-state index contributed by atoms with van der Waals surface area (Å²) in [6, 6.07) is 6.86. The molecule has 0 atom stereocenters. The maximum atomic E-state index is 12.2. The number of imide groups is 1. The molecule has 0 spiro atoms. The predicted octanol–water partition coefficient (Wildman–Crippen LogP) is 2.54. The van der Waals surface area contributed by atoms with Gasteiger partial charge in [-0.25, -0.2) is 0 Å². The van der Waals surface area contributed by atoms with Gasteiger partial charge in [0.15, 0.2) is 6.61 Å². The van der Waals surface area contributed by atoms with Crippen molar-refractivity contribution in [2.75, 3.05) is 13.2 Å². The number of rotatable bonds is 6. The van der Waals surface area contributed by atoms with Crippen molar-refractivity contribution in [1.29, 1.82) is 0 Å². The molecule has 0 aliphatic carbocycles. The molecule has 3 rings (SSSR count). The van der Waals surface area contributed by atoms with E-state index in [9.17, 15) is 19.2 Å². The number of thiophene rings is 1. The summed E-state index contributed by atoms with van der Waals surface area (Å²) in [5.41, 5.74) is 0.317. The summed E-state index contributed by atoms with van der Waals surface area (Å²) in [6.07, 6.45) is 3.19. The first-order chi connectivity index (χ1) is 12.0. The minimum Gasteiger partial charge on any atom is -0.456 e. The van der Waals surface area contributed by atoms with Gasteiger partial charge in [0.1, 0.15) is 6.54 Å². The van der Waals surface area contributed by atoms with E-state index in [1.807, 2.05) is 17.5 Å². The van der Waals surface area contributed by atoms with Crippen LogP contribution in [-0.4, -0.2) is 45.9 Å². The number of H-pyrrole nitrogens is 1. The standard InChI is InChI=1S/C16H12N2O5S2/c19-12(11-4-1-5-17-11)9-23-14(20)8-18-15(21)13(25-16(18)22)7-10-3-2-6-24-10/h1-7,17H,8-9H2. The molecule has 9 heteroatoms. The highest BCUT2D eigenvalue weighted by Gasteiger charge is 2.36. The van der Waals surface area contributed by atoms with Crippen LogP contribution in [0.3, 0.4) is 0 Å². The van der Waals surface area contributed by atoms with E-state index in [1.54, 1.807) is 24.4 Å². The number of ketones is 1. The van der Waals surface area contributed by atoms with Crippen LogP contribution in [0, 0.1) is 0 Å². The lowest BCUT2D eigenvalue weighted by atomic mass is 10.3. The first-order valence-electron chi connectivity index (χ1n) is 7.15. The molecular weight excluding hydrogens is 364 g/mol. The molecule has 0 saturated carbocycles. The van der Waals surface area contributed by atoms with Gasteiger partial charge in [0.2, 0.25) is 5.78 Å². The molecule has 0 bridgehead atoms. The monoisotopic (exact) mass is 376 g/mol. The summed E-state index contributed by atoms with van der Waals surface area (Å²) < 4.78 is 4.85. The minimum absolute atomic E-state index is 0.253. The largest absolute Gasteiger partial charge is 0.456 e. The van der Waals surface area contributed by atoms with Crippen LogP contribution in [0.15, 0.2) is 40.7 Å². The predicted molar refractivity (Wildman–Crippen MR) is 93.1 cm³/mol. The summed E-state index contributed by atoms with van der Waals surface area (Å²) in [5, 5.41) is 1.31. The third-order valence-electron chi connectivity index (χ3n) is 3.24. The minimum atomic E-state index is -0.820. The Bertz CT molecular complexity index is 840. The second-order valence-electron chi connectivity index (χ2n) is 4.95. The van der Waals surface area contributed by atoms with Gasteiger partial charge < -0.3 is 9.72 Å². The molecule has 2 amide bonds. The quantitative estimate of drug-likeness (QED) is 0.473. The van der Waals surface area contributed by atoms with Crippen LogP contribution in [0.1, 0.15) is 15.4 Å². The summed E-state index contributed by atoms with van der Waals surface area (Å²) in [4.78, 5) is 52.4. The number of ether oxygens (including phenoxy) is 1. The number of amides is 2. The van der Waals surface area contributed by atoms with Gasteiger partial charge >= 0.3 is 5.97 Å². The molecule has 0 unspecified atom stereocenters. The third-order valence-corrected chi connectivity index (χ3v) is 4.97. The van der Waals surface area contributed by atoms with E-state index in [1.165, 1.54) is 11.3 Å². The smallest absolute Gasteiger partial charge is 0.326 e. The number of hydrogen-bond donors (Lipinski definition) is 1. The summed E-state index contributed by atoms with van der Waals surface area (Å²) in [5.74, 6) is -1.76. The van der Waals surface area contributed by atoms with Crippen LogP contribution in [0.25, 0.3) is 6.08 Å². The highest BCUT2D eigenvalue weighted by atomic mass is 32.2. The maximum absolute atomic E-state index is 12.2. The second kappa shape index (κ2) is 7.49. The number of esters is 1. The van der Waals surface area contributed by atoms with E-state index in [2.05, 4.69) is 4.98 Å². The van der Waals surface area contributed by atoms with Crippen LogP contribution in [0.5, 0.6) is 0 Å². The molecular formula is C16H12N2O5S2. The van der Waals surface area contributed by atoms with Gasteiger partial charge in [-0.05, 0) is 41.4 Å². The fourth-order valence-electron chi connectivity index (χ4n) is 2.04. The summed E-state index contributed by atoms with van der Waals surface area (Å²) in [6.45, 7) is -0.981. The molecule has 1 saturated heterocycles. The summed E-state index contributed by atoms with van der Waals surface area (Å²) in [7, 11) is 0.